The first-order valence-corrected chi connectivity index (χ1v) is 8.21. The third-order valence-corrected chi connectivity index (χ3v) is 4.88. The van der Waals surface area contributed by atoms with E-state index in [0.29, 0.717) is 13.0 Å². The van der Waals surface area contributed by atoms with Crippen LogP contribution >= 0.6 is 0 Å². The maximum absolute atomic E-state index is 11.4. The van der Waals surface area contributed by atoms with Gasteiger partial charge in [0.05, 0.1) is 18.1 Å². The van der Waals surface area contributed by atoms with Crippen LogP contribution in [0.4, 0.5) is 0 Å². The van der Waals surface area contributed by atoms with E-state index in [1.807, 2.05) is 0 Å². The predicted octanol–water partition coefficient (Wildman–Crippen LogP) is 1.93. The summed E-state index contributed by atoms with van der Waals surface area (Å²) in [6.07, 6.45) is 5.18. The zero-order valence-corrected chi connectivity index (χ0v) is 11.3. The smallest absolute Gasteiger partial charge is 0.306 e. The summed E-state index contributed by atoms with van der Waals surface area (Å²) in [5, 5.41) is 0. The summed E-state index contributed by atoms with van der Waals surface area (Å²) in [6.45, 7) is 2.60. The first-order chi connectivity index (χ1) is 8.03. The molecule has 1 unspecified atom stereocenters. The average Bonchev–Trinajstić information content (AvgIpc) is 2.57. The molecule has 0 aromatic carbocycles. The fourth-order valence-corrected chi connectivity index (χ4v) is 3.90. The van der Waals surface area contributed by atoms with Crippen LogP contribution in [-0.4, -0.2) is 32.5 Å². The van der Waals surface area contributed by atoms with Crippen molar-refractivity contribution in [1.29, 1.82) is 0 Å². The quantitative estimate of drug-likeness (QED) is 0.519. The second-order valence-corrected chi connectivity index (χ2v) is 6.98. The Morgan fingerprint density at radius 1 is 1.29 bits per heavy atom. The molecule has 1 aliphatic heterocycles. The molecule has 0 bridgehead atoms. The summed E-state index contributed by atoms with van der Waals surface area (Å²) in [6, 6.07) is 0. The maximum Gasteiger partial charge on any atom is 0.306 e. The van der Waals surface area contributed by atoms with Crippen LogP contribution in [0.3, 0.4) is 0 Å². The van der Waals surface area contributed by atoms with Crippen molar-refractivity contribution in [3.05, 3.63) is 0 Å². The van der Waals surface area contributed by atoms with E-state index in [0.717, 1.165) is 19.3 Å². The minimum atomic E-state index is -2.88. The topological polar surface area (TPSA) is 60.4 Å². The minimum absolute atomic E-state index is 0.0249. The van der Waals surface area contributed by atoms with Gasteiger partial charge in [0.15, 0.2) is 9.84 Å². The van der Waals surface area contributed by atoms with E-state index in [9.17, 15) is 13.2 Å². The molecule has 0 aromatic heterocycles. The summed E-state index contributed by atoms with van der Waals surface area (Å²) in [7, 11) is -2.88. The number of unbranched alkanes of at least 4 members (excludes halogenated alkanes) is 3. The molecular formula is C12H22O4S. The van der Waals surface area contributed by atoms with Crippen molar-refractivity contribution >= 4 is 15.8 Å². The number of hydrogen-bond acceptors (Lipinski definition) is 4. The molecule has 1 rings (SSSR count). The monoisotopic (exact) mass is 262 g/mol. The Morgan fingerprint density at radius 2 is 2.06 bits per heavy atom. The number of carbonyl (C=O) groups excluding carboxylic acids is 1. The molecule has 4 nitrogen and oxygen atoms in total. The van der Waals surface area contributed by atoms with Crippen LogP contribution in [0.5, 0.6) is 0 Å². The van der Waals surface area contributed by atoms with Crippen LogP contribution in [0.25, 0.3) is 0 Å². The molecular weight excluding hydrogens is 240 g/mol. The van der Waals surface area contributed by atoms with Crippen LogP contribution in [0, 0.1) is 5.92 Å². The van der Waals surface area contributed by atoms with Crippen molar-refractivity contribution in [1.82, 2.24) is 0 Å². The molecule has 1 fully saturated rings. The van der Waals surface area contributed by atoms with Crippen molar-refractivity contribution in [2.75, 3.05) is 18.1 Å². The molecule has 1 aliphatic rings. The fourth-order valence-electron chi connectivity index (χ4n) is 2.04. The largest absolute Gasteiger partial charge is 0.466 e. The summed E-state index contributed by atoms with van der Waals surface area (Å²) < 4.78 is 27.5. The van der Waals surface area contributed by atoms with Crippen LogP contribution in [0.2, 0.25) is 0 Å². The lowest BCUT2D eigenvalue weighted by molar-refractivity contribution is -0.144. The van der Waals surface area contributed by atoms with E-state index < -0.39 is 9.84 Å². The molecule has 0 radical (unpaired) electrons. The number of rotatable bonds is 7. The molecule has 100 valence electrons. The number of sulfone groups is 1. The van der Waals surface area contributed by atoms with Crippen molar-refractivity contribution in [2.24, 2.45) is 5.92 Å². The molecule has 1 heterocycles. The molecule has 17 heavy (non-hydrogen) atoms. The zero-order valence-electron chi connectivity index (χ0n) is 10.5. The van der Waals surface area contributed by atoms with E-state index >= 15 is 0 Å². The summed E-state index contributed by atoms with van der Waals surface area (Å²) in [4.78, 5) is 11.4. The predicted molar refractivity (Wildman–Crippen MR) is 66.5 cm³/mol. The highest BCUT2D eigenvalue weighted by Gasteiger charge is 2.29. The highest BCUT2D eigenvalue weighted by Crippen LogP contribution is 2.21. The lowest BCUT2D eigenvalue weighted by atomic mass is 10.1. The second-order valence-electron chi connectivity index (χ2n) is 4.75. The van der Waals surface area contributed by atoms with Crippen molar-refractivity contribution in [3.63, 3.8) is 0 Å². The molecule has 1 atom stereocenters. The van der Waals surface area contributed by atoms with Crippen LogP contribution < -0.4 is 0 Å². The van der Waals surface area contributed by atoms with E-state index in [-0.39, 0.29) is 29.8 Å². The lowest BCUT2D eigenvalue weighted by Crippen LogP contribution is -2.13. The van der Waals surface area contributed by atoms with Crippen LogP contribution in [-0.2, 0) is 19.4 Å². The van der Waals surface area contributed by atoms with Gasteiger partial charge in [0.2, 0.25) is 0 Å². The van der Waals surface area contributed by atoms with E-state index in [2.05, 4.69) is 6.92 Å². The Hall–Kier alpha value is -0.580. The van der Waals surface area contributed by atoms with Gasteiger partial charge < -0.3 is 4.74 Å². The molecule has 0 aliphatic carbocycles. The molecule has 0 amide bonds. The third-order valence-electron chi connectivity index (χ3n) is 3.04. The molecule has 0 spiro atoms. The van der Waals surface area contributed by atoms with Crippen molar-refractivity contribution < 1.29 is 17.9 Å². The van der Waals surface area contributed by atoms with E-state index in [4.69, 9.17) is 4.74 Å². The Labute approximate surface area is 104 Å². The summed E-state index contributed by atoms with van der Waals surface area (Å²) >= 11 is 0. The van der Waals surface area contributed by atoms with Gasteiger partial charge in [0.1, 0.15) is 0 Å². The van der Waals surface area contributed by atoms with Crippen LogP contribution in [0.15, 0.2) is 0 Å². The first kappa shape index (κ1) is 14.5. The van der Waals surface area contributed by atoms with Gasteiger partial charge in [-0.2, -0.15) is 0 Å². The lowest BCUT2D eigenvalue weighted by Gasteiger charge is -2.07. The molecule has 0 N–H and O–H groups in total. The SMILES string of the molecule is CCCCCCOC(=O)CC1CCS(=O)(=O)C1. The number of ether oxygens (including phenoxy) is 1. The molecule has 0 aromatic rings. The maximum atomic E-state index is 11.4. The average molecular weight is 262 g/mol. The van der Waals surface area contributed by atoms with Crippen molar-refractivity contribution in [2.45, 2.75) is 45.4 Å². The zero-order chi connectivity index (χ0) is 12.7. The van der Waals surface area contributed by atoms with E-state index in [1.165, 1.54) is 6.42 Å². The standard InChI is InChI=1S/C12H22O4S/c1-2-3-4-5-7-16-12(13)9-11-6-8-17(14,15)10-11/h11H,2-10H2,1H3. The Balaban J connectivity index is 2.09. The van der Waals surface area contributed by atoms with E-state index in [1.54, 1.807) is 0 Å². The normalized spacial score (nSPS) is 22.5. The van der Waals surface area contributed by atoms with Gasteiger partial charge in [-0.1, -0.05) is 26.2 Å². The van der Waals surface area contributed by atoms with Gasteiger partial charge in [0.25, 0.3) is 0 Å². The molecule has 5 heteroatoms. The van der Waals surface area contributed by atoms with Gasteiger partial charge in [-0.3, -0.25) is 4.79 Å². The molecule has 1 saturated heterocycles. The minimum Gasteiger partial charge on any atom is -0.466 e. The van der Waals surface area contributed by atoms with Gasteiger partial charge in [0, 0.05) is 6.42 Å². The van der Waals surface area contributed by atoms with Crippen LogP contribution in [0.1, 0.15) is 45.4 Å². The van der Waals surface area contributed by atoms with Gasteiger partial charge in [-0.25, -0.2) is 8.42 Å². The summed E-state index contributed by atoms with van der Waals surface area (Å²) in [5.74, 6) is 0.103. The number of esters is 1. The fraction of sp³-hybridized carbons (Fsp3) is 0.917. The highest BCUT2D eigenvalue weighted by molar-refractivity contribution is 7.91. The summed E-state index contributed by atoms with van der Waals surface area (Å²) in [5.41, 5.74) is 0. The highest BCUT2D eigenvalue weighted by atomic mass is 32.2. The first-order valence-electron chi connectivity index (χ1n) is 6.39. The van der Waals surface area contributed by atoms with Crippen molar-refractivity contribution in [3.8, 4) is 0 Å². The number of carbonyl (C=O) groups is 1. The Kier molecular flexibility index (Phi) is 5.95. The van der Waals surface area contributed by atoms with Gasteiger partial charge in [-0.15, -0.1) is 0 Å². The Morgan fingerprint density at radius 3 is 2.65 bits per heavy atom. The number of hydrogen-bond donors (Lipinski definition) is 0. The van der Waals surface area contributed by atoms with Gasteiger partial charge >= 0.3 is 5.97 Å². The second kappa shape index (κ2) is 6.99. The molecule has 0 saturated carbocycles. The third kappa shape index (κ3) is 6.05. The van der Waals surface area contributed by atoms with Gasteiger partial charge in [-0.05, 0) is 18.8 Å². The Bertz CT molecular complexity index is 334.